The number of aliphatic hydroxyl groups is 2. The minimum Gasteiger partial charge on any atom is -0.481 e. The van der Waals surface area contributed by atoms with E-state index >= 15 is 0 Å². The molecule has 0 bridgehead atoms. The Kier molecular flexibility index (Phi) is 44.8. The minimum atomic E-state index is -0.765. The second-order valence-electron chi connectivity index (χ2n) is 14.0. The molecule has 0 aliphatic heterocycles. The Morgan fingerprint density at radius 2 is 0.735 bits per heavy atom. The van der Waals surface area contributed by atoms with E-state index < -0.39 is 12.1 Å². The number of rotatable bonds is 37. The molecule has 0 spiro atoms. The monoisotopic (exact) mass is 695 g/mol. The van der Waals surface area contributed by atoms with Crippen LogP contribution in [0.25, 0.3) is 0 Å². The van der Waals surface area contributed by atoms with Gasteiger partial charge >= 0.3 is 11.9 Å². The number of ether oxygens (including phenoxy) is 1. The van der Waals surface area contributed by atoms with Crippen molar-refractivity contribution >= 4 is 11.9 Å². The number of unbranched alkanes of at least 4 members (excludes halogenated alkanes) is 26. The summed E-state index contributed by atoms with van der Waals surface area (Å²) in [5, 5.41) is 26.2. The van der Waals surface area contributed by atoms with Gasteiger partial charge in [0.15, 0.2) is 0 Å². The van der Waals surface area contributed by atoms with E-state index in [1.807, 2.05) is 0 Å². The van der Waals surface area contributed by atoms with Crippen LogP contribution in [0.15, 0.2) is 24.3 Å². The summed E-state index contributed by atoms with van der Waals surface area (Å²) in [5.74, 6) is -0.984. The Labute approximate surface area is 304 Å². The average molecular weight is 695 g/mol. The number of esters is 1. The maximum absolute atomic E-state index is 11.5. The van der Waals surface area contributed by atoms with Gasteiger partial charge in [0.1, 0.15) is 6.10 Å². The molecule has 3 N–H and O–H groups in total. The van der Waals surface area contributed by atoms with Crippen LogP contribution in [0.3, 0.4) is 0 Å². The lowest BCUT2D eigenvalue weighted by Crippen LogP contribution is -2.25. The number of carboxylic acids is 1. The highest BCUT2D eigenvalue weighted by Crippen LogP contribution is 2.13. The number of carboxylic acid groups (broad SMARTS) is 1. The van der Waals surface area contributed by atoms with Gasteiger partial charge < -0.3 is 20.1 Å². The summed E-state index contributed by atoms with van der Waals surface area (Å²) in [6.07, 6.45) is 47.3. The van der Waals surface area contributed by atoms with Crippen LogP contribution in [0.4, 0.5) is 0 Å². The lowest BCUT2D eigenvalue weighted by Gasteiger charge is -2.12. The Morgan fingerprint density at radius 1 is 0.449 bits per heavy atom. The number of carbonyl (C=O) groups is 2. The van der Waals surface area contributed by atoms with Crippen LogP contribution in [0.2, 0.25) is 0 Å². The molecule has 6 heteroatoms. The second-order valence-corrected chi connectivity index (χ2v) is 14.0. The first kappa shape index (κ1) is 49.5. The molecule has 0 aromatic heterocycles. The van der Waals surface area contributed by atoms with Crippen molar-refractivity contribution in [3.8, 4) is 0 Å². The lowest BCUT2D eigenvalue weighted by molar-refractivity contribution is -0.153. The van der Waals surface area contributed by atoms with Crippen LogP contribution < -0.4 is 0 Å². The van der Waals surface area contributed by atoms with Gasteiger partial charge in [-0.15, -0.1) is 0 Å². The topological polar surface area (TPSA) is 104 Å². The molecule has 0 radical (unpaired) electrons. The molecule has 290 valence electrons. The first-order chi connectivity index (χ1) is 24.0. The van der Waals surface area contributed by atoms with Crippen molar-refractivity contribution in [2.75, 3.05) is 13.2 Å². The van der Waals surface area contributed by atoms with Crippen molar-refractivity contribution in [1.29, 1.82) is 0 Å². The Hall–Kier alpha value is -1.66. The molecular formula is C43H82O6. The standard InChI is InChI=1S/C25H48O4.C18H34O2/c1-2-3-4-5-6-7-8-9-10-11-12-13-14-15-16-17-18-19-20-21-25(28)29-24(22-26)23-27;1-2-3-4-5-6-7-8-9-10-11-12-13-14-15-16-17-18(19)20/h9-10,24,26-27H,2-8,11-23H2,1H3;9-10H,2-8,11-17H2,1H3,(H,19,20)/b2*10-9-. The van der Waals surface area contributed by atoms with Crippen LogP contribution in [0.1, 0.15) is 219 Å². The summed E-state index contributed by atoms with van der Waals surface area (Å²) in [4.78, 5) is 21.8. The van der Waals surface area contributed by atoms with E-state index in [-0.39, 0.29) is 19.2 Å². The van der Waals surface area contributed by atoms with E-state index in [1.165, 1.54) is 161 Å². The molecule has 0 heterocycles. The molecule has 0 aromatic rings. The van der Waals surface area contributed by atoms with Crippen molar-refractivity contribution in [3.63, 3.8) is 0 Å². The van der Waals surface area contributed by atoms with Crippen LogP contribution >= 0.6 is 0 Å². The fourth-order valence-electron chi connectivity index (χ4n) is 5.77. The highest BCUT2D eigenvalue weighted by atomic mass is 16.6. The molecule has 0 fully saturated rings. The third-order valence-corrected chi connectivity index (χ3v) is 9.00. The van der Waals surface area contributed by atoms with E-state index in [2.05, 4.69) is 38.2 Å². The van der Waals surface area contributed by atoms with E-state index in [4.69, 9.17) is 20.1 Å². The van der Waals surface area contributed by atoms with Crippen molar-refractivity contribution < 1.29 is 29.6 Å². The van der Waals surface area contributed by atoms with E-state index in [1.54, 1.807) is 0 Å². The van der Waals surface area contributed by atoms with E-state index in [0.717, 1.165) is 32.1 Å². The van der Waals surface area contributed by atoms with Crippen molar-refractivity contribution in [2.45, 2.75) is 225 Å². The Balaban J connectivity index is 0. The number of hydrogen-bond donors (Lipinski definition) is 3. The summed E-state index contributed by atoms with van der Waals surface area (Å²) in [6, 6.07) is 0. The molecule has 0 saturated heterocycles. The quantitative estimate of drug-likeness (QED) is 0.0340. The van der Waals surface area contributed by atoms with Gasteiger partial charge in [-0.1, -0.05) is 167 Å². The number of aliphatic hydroxyl groups excluding tert-OH is 2. The van der Waals surface area contributed by atoms with Crippen LogP contribution in [0.5, 0.6) is 0 Å². The third-order valence-electron chi connectivity index (χ3n) is 9.00. The third kappa shape index (κ3) is 46.3. The average Bonchev–Trinajstić information content (AvgIpc) is 3.10. The zero-order chi connectivity index (χ0) is 36.3. The van der Waals surface area contributed by atoms with Gasteiger partial charge in [0.25, 0.3) is 0 Å². The highest BCUT2D eigenvalue weighted by molar-refractivity contribution is 5.69. The van der Waals surface area contributed by atoms with Crippen molar-refractivity contribution in [3.05, 3.63) is 24.3 Å². The predicted octanol–water partition coefficient (Wildman–Crippen LogP) is 12.6. The van der Waals surface area contributed by atoms with Gasteiger partial charge in [0, 0.05) is 12.8 Å². The summed E-state index contributed by atoms with van der Waals surface area (Å²) >= 11 is 0. The molecule has 0 rings (SSSR count). The Morgan fingerprint density at radius 3 is 1.04 bits per heavy atom. The zero-order valence-electron chi connectivity index (χ0n) is 32.5. The fraction of sp³-hybridized carbons (Fsp3) is 0.860. The van der Waals surface area contributed by atoms with Crippen LogP contribution in [-0.4, -0.2) is 46.6 Å². The molecule has 6 nitrogen and oxygen atoms in total. The first-order valence-corrected chi connectivity index (χ1v) is 20.9. The maximum atomic E-state index is 11.5. The largest absolute Gasteiger partial charge is 0.481 e. The van der Waals surface area contributed by atoms with Gasteiger partial charge in [-0.05, 0) is 64.2 Å². The van der Waals surface area contributed by atoms with Crippen LogP contribution in [0, 0.1) is 0 Å². The van der Waals surface area contributed by atoms with Gasteiger partial charge in [0.2, 0.25) is 0 Å². The SMILES string of the molecule is CCCCCCCC/C=C\CCCCCCCC(=O)O.CCCCCCCC/C=C\CCCCCCCCCCCC(=O)OC(CO)CO. The normalized spacial score (nSPS) is 11.4. The summed E-state index contributed by atoms with van der Waals surface area (Å²) < 4.78 is 4.94. The summed E-state index contributed by atoms with van der Waals surface area (Å²) in [6.45, 7) is 3.88. The van der Waals surface area contributed by atoms with E-state index in [9.17, 15) is 9.59 Å². The van der Waals surface area contributed by atoms with E-state index in [0.29, 0.717) is 12.8 Å². The van der Waals surface area contributed by atoms with Gasteiger partial charge in [-0.25, -0.2) is 0 Å². The summed E-state index contributed by atoms with van der Waals surface area (Å²) in [5.41, 5.74) is 0. The van der Waals surface area contributed by atoms with Crippen molar-refractivity contribution in [1.82, 2.24) is 0 Å². The van der Waals surface area contributed by atoms with Gasteiger partial charge in [-0.3, -0.25) is 9.59 Å². The molecule has 0 atom stereocenters. The lowest BCUT2D eigenvalue weighted by atomic mass is 10.1. The first-order valence-electron chi connectivity index (χ1n) is 20.9. The number of hydrogen-bond acceptors (Lipinski definition) is 5. The highest BCUT2D eigenvalue weighted by Gasteiger charge is 2.11. The van der Waals surface area contributed by atoms with Gasteiger partial charge in [0.05, 0.1) is 13.2 Å². The molecule has 0 aliphatic rings. The zero-order valence-corrected chi connectivity index (χ0v) is 32.5. The van der Waals surface area contributed by atoms with Crippen LogP contribution in [-0.2, 0) is 14.3 Å². The molecule has 49 heavy (non-hydrogen) atoms. The number of aliphatic carboxylic acids is 1. The molecular weight excluding hydrogens is 612 g/mol. The molecule has 0 aliphatic carbocycles. The molecule has 0 amide bonds. The predicted molar refractivity (Wildman–Crippen MR) is 209 cm³/mol. The smallest absolute Gasteiger partial charge is 0.306 e. The fourth-order valence-corrected chi connectivity index (χ4v) is 5.77. The number of allylic oxidation sites excluding steroid dienone is 4. The number of carbonyl (C=O) groups excluding carboxylic acids is 1. The molecule has 0 saturated carbocycles. The Bertz CT molecular complexity index is 715. The van der Waals surface area contributed by atoms with Crippen molar-refractivity contribution in [2.24, 2.45) is 0 Å². The minimum absolute atomic E-state index is 0.320. The summed E-state index contributed by atoms with van der Waals surface area (Å²) in [7, 11) is 0. The molecule has 0 unspecified atom stereocenters. The van der Waals surface area contributed by atoms with Gasteiger partial charge in [-0.2, -0.15) is 0 Å². The molecule has 0 aromatic carbocycles. The maximum Gasteiger partial charge on any atom is 0.306 e. The second kappa shape index (κ2) is 44.4.